The monoisotopic (exact) mass is 316 g/mol. The minimum Gasteiger partial charge on any atom is -0.381 e. The van der Waals surface area contributed by atoms with Gasteiger partial charge in [-0.2, -0.15) is 4.68 Å². The van der Waals surface area contributed by atoms with E-state index < -0.39 is 0 Å². The van der Waals surface area contributed by atoms with Gasteiger partial charge in [0.2, 0.25) is 5.13 Å². The highest BCUT2D eigenvalue weighted by Gasteiger charge is 2.24. The Morgan fingerprint density at radius 2 is 2.27 bits per heavy atom. The number of para-hydroxylation sites is 1. The van der Waals surface area contributed by atoms with Crippen LogP contribution in [0.3, 0.4) is 0 Å². The molecule has 3 aromatic rings. The third-order valence-corrected chi connectivity index (χ3v) is 4.73. The molecular formula is C15H16N4O2S. The van der Waals surface area contributed by atoms with Crippen molar-refractivity contribution in [3.8, 4) is 5.13 Å². The molecule has 0 saturated carbocycles. The summed E-state index contributed by atoms with van der Waals surface area (Å²) in [7, 11) is 1.66. The second-order valence-electron chi connectivity index (χ2n) is 5.26. The zero-order valence-corrected chi connectivity index (χ0v) is 13.0. The van der Waals surface area contributed by atoms with Crippen LogP contribution in [-0.2, 0) is 16.1 Å². The summed E-state index contributed by atoms with van der Waals surface area (Å²) >= 11 is 1.61. The third-order valence-electron chi connectivity index (χ3n) is 3.72. The van der Waals surface area contributed by atoms with Gasteiger partial charge in [-0.1, -0.05) is 23.5 Å². The number of methoxy groups -OCH3 is 1. The smallest absolute Gasteiger partial charge is 0.213 e. The Kier molecular flexibility index (Phi) is 3.61. The van der Waals surface area contributed by atoms with Gasteiger partial charge in [-0.25, -0.2) is 9.97 Å². The molecule has 1 aliphatic heterocycles. The second kappa shape index (κ2) is 5.75. The minimum absolute atomic E-state index is 0.270. The number of benzene rings is 1. The van der Waals surface area contributed by atoms with E-state index in [-0.39, 0.29) is 5.92 Å². The van der Waals surface area contributed by atoms with Crippen LogP contribution in [0.4, 0.5) is 0 Å². The zero-order valence-electron chi connectivity index (χ0n) is 12.2. The Balaban J connectivity index is 1.78. The minimum atomic E-state index is 0.270. The molecule has 0 aliphatic carbocycles. The molecule has 0 N–H and O–H groups in total. The Morgan fingerprint density at radius 1 is 1.36 bits per heavy atom. The van der Waals surface area contributed by atoms with Gasteiger partial charge in [0, 0.05) is 19.6 Å². The predicted octanol–water partition coefficient (Wildman–Crippen LogP) is 2.53. The molecule has 1 atom stereocenters. The SMILES string of the molecule is COCc1nc([C@H]2CCOC2)nn1-c1nc2ccccc2s1. The fraction of sp³-hybridized carbons (Fsp3) is 0.400. The van der Waals surface area contributed by atoms with E-state index in [2.05, 4.69) is 21.1 Å². The summed E-state index contributed by atoms with van der Waals surface area (Å²) in [6.07, 6.45) is 0.969. The van der Waals surface area contributed by atoms with Crippen molar-refractivity contribution in [2.24, 2.45) is 0 Å². The molecule has 0 amide bonds. The Hall–Kier alpha value is -1.83. The fourth-order valence-electron chi connectivity index (χ4n) is 2.60. The maximum atomic E-state index is 5.44. The van der Waals surface area contributed by atoms with Gasteiger partial charge in [0.15, 0.2) is 11.6 Å². The van der Waals surface area contributed by atoms with Crippen molar-refractivity contribution in [1.82, 2.24) is 19.7 Å². The summed E-state index contributed by atoms with van der Waals surface area (Å²) in [5, 5.41) is 5.49. The quantitative estimate of drug-likeness (QED) is 0.740. The molecule has 7 heteroatoms. The maximum Gasteiger partial charge on any atom is 0.213 e. The summed E-state index contributed by atoms with van der Waals surface area (Å²) in [5.74, 6) is 1.87. The summed E-state index contributed by atoms with van der Waals surface area (Å²) in [5.41, 5.74) is 0.979. The molecule has 0 bridgehead atoms. The molecule has 1 fully saturated rings. The van der Waals surface area contributed by atoms with E-state index in [9.17, 15) is 0 Å². The van der Waals surface area contributed by atoms with Gasteiger partial charge < -0.3 is 9.47 Å². The number of rotatable bonds is 4. The number of ether oxygens (including phenoxy) is 2. The number of thiazole rings is 1. The third kappa shape index (κ3) is 2.41. The highest BCUT2D eigenvalue weighted by Crippen LogP contribution is 2.27. The van der Waals surface area contributed by atoms with E-state index >= 15 is 0 Å². The molecule has 0 unspecified atom stereocenters. The Morgan fingerprint density at radius 3 is 3.05 bits per heavy atom. The molecule has 2 aromatic heterocycles. The standard InChI is InChI=1S/C15H16N4O2S/c1-20-9-13-17-14(10-6-7-21-8-10)18-19(13)15-16-11-4-2-3-5-12(11)22-15/h2-5,10H,6-9H2,1H3/t10-/m0/s1. The number of nitrogens with zero attached hydrogens (tertiary/aromatic N) is 4. The van der Waals surface area contributed by atoms with Crippen LogP contribution in [0.2, 0.25) is 0 Å². The van der Waals surface area contributed by atoms with E-state index in [0.717, 1.165) is 40.0 Å². The summed E-state index contributed by atoms with van der Waals surface area (Å²) in [6, 6.07) is 8.08. The van der Waals surface area contributed by atoms with Crippen molar-refractivity contribution < 1.29 is 9.47 Å². The maximum absolute atomic E-state index is 5.44. The first-order chi connectivity index (χ1) is 10.8. The van der Waals surface area contributed by atoms with Gasteiger partial charge in [-0.05, 0) is 18.6 Å². The van der Waals surface area contributed by atoms with Gasteiger partial charge in [-0.3, -0.25) is 0 Å². The molecule has 1 saturated heterocycles. The fourth-order valence-corrected chi connectivity index (χ4v) is 3.54. The predicted molar refractivity (Wildman–Crippen MR) is 83.4 cm³/mol. The van der Waals surface area contributed by atoms with Crippen LogP contribution in [0.1, 0.15) is 24.0 Å². The van der Waals surface area contributed by atoms with Crippen molar-refractivity contribution in [3.05, 3.63) is 35.9 Å². The van der Waals surface area contributed by atoms with Crippen LogP contribution in [0.25, 0.3) is 15.3 Å². The van der Waals surface area contributed by atoms with Gasteiger partial charge in [-0.15, -0.1) is 5.10 Å². The van der Waals surface area contributed by atoms with Crippen LogP contribution in [0.15, 0.2) is 24.3 Å². The van der Waals surface area contributed by atoms with E-state index in [1.807, 2.05) is 22.9 Å². The largest absolute Gasteiger partial charge is 0.381 e. The Bertz CT molecular complexity index is 759. The van der Waals surface area contributed by atoms with Gasteiger partial charge in [0.05, 0.1) is 16.8 Å². The molecule has 3 heterocycles. The van der Waals surface area contributed by atoms with Gasteiger partial charge >= 0.3 is 0 Å². The summed E-state index contributed by atoms with van der Waals surface area (Å²) < 4.78 is 13.7. The molecule has 1 aromatic carbocycles. The van der Waals surface area contributed by atoms with E-state index in [1.54, 1.807) is 18.4 Å². The normalized spacial score (nSPS) is 18.3. The van der Waals surface area contributed by atoms with Crippen LogP contribution >= 0.6 is 11.3 Å². The lowest BCUT2D eigenvalue weighted by Gasteiger charge is -2.00. The number of aromatic nitrogens is 4. The lowest BCUT2D eigenvalue weighted by Crippen LogP contribution is -2.04. The molecule has 0 radical (unpaired) electrons. The highest BCUT2D eigenvalue weighted by atomic mass is 32.1. The van der Waals surface area contributed by atoms with Crippen molar-refractivity contribution in [2.75, 3.05) is 20.3 Å². The van der Waals surface area contributed by atoms with Gasteiger partial charge in [0.25, 0.3) is 0 Å². The number of hydrogen-bond donors (Lipinski definition) is 0. The average molecular weight is 316 g/mol. The summed E-state index contributed by atoms with van der Waals surface area (Å²) in [4.78, 5) is 9.30. The van der Waals surface area contributed by atoms with Crippen molar-refractivity contribution >= 4 is 21.6 Å². The highest BCUT2D eigenvalue weighted by molar-refractivity contribution is 7.20. The first-order valence-corrected chi connectivity index (χ1v) is 8.05. The lowest BCUT2D eigenvalue weighted by molar-refractivity contribution is 0.175. The van der Waals surface area contributed by atoms with Crippen LogP contribution in [-0.4, -0.2) is 40.1 Å². The van der Waals surface area contributed by atoms with Crippen molar-refractivity contribution in [3.63, 3.8) is 0 Å². The van der Waals surface area contributed by atoms with E-state index in [4.69, 9.17) is 9.47 Å². The van der Waals surface area contributed by atoms with Crippen LogP contribution in [0, 0.1) is 0 Å². The molecular weight excluding hydrogens is 300 g/mol. The first-order valence-electron chi connectivity index (χ1n) is 7.23. The summed E-state index contributed by atoms with van der Waals surface area (Å²) in [6.45, 7) is 1.88. The molecule has 0 spiro atoms. The molecule has 114 valence electrons. The topological polar surface area (TPSA) is 62.1 Å². The van der Waals surface area contributed by atoms with Crippen LogP contribution in [0.5, 0.6) is 0 Å². The lowest BCUT2D eigenvalue weighted by atomic mass is 10.1. The zero-order chi connectivity index (χ0) is 14.9. The van der Waals surface area contributed by atoms with Crippen LogP contribution < -0.4 is 0 Å². The van der Waals surface area contributed by atoms with E-state index in [0.29, 0.717) is 13.2 Å². The van der Waals surface area contributed by atoms with Gasteiger partial charge in [0.1, 0.15) is 6.61 Å². The average Bonchev–Trinajstić information content (AvgIpc) is 3.26. The van der Waals surface area contributed by atoms with Crippen molar-refractivity contribution in [1.29, 1.82) is 0 Å². The molecule has 6 nitrogen and oxygen atoms in total. The number of hydrogen-bond acceptors (Lipinski definition) is 6. The molecule has 22 heavy (non-hydrogen) atoms. The number of fused-ring (bicyclic) bond motifs is 1. The first kappa shape index (κ1) is 13.8. The molecule has 1 aliphatic rings. The second-order valence-corrected chi connectivity index (χ2v) is 6.26. The van der Waals surface area contributed by atoms with E-state index in [1.165, 1.54) is 0 Å². The molecule has 4 rings (SSSR count). The van der Waals surface area contributed by atoms with Crippen molar-refractivity contribution in [2.45, 2.75) is 18.9 Å². The Labute approximate surface area is 131 Å².